The number of rotatable bonds is 7. The molecule has 1 atom stereocenters. The molecule has 0 heterocycles. The van der Waals surface area contributed by atoms with Gasteiger partial charge in [0.05, 0.1) is 12.0 Å². The van der Waals surface area contributed by atoms with Gasteiger partial charge in [0, 0.05) is 18.7 Å². The van der Waals surface area contributed by atoms with E-state index in [1.165, 1.54) is 19.1 Å². The second-order valence-electron chi connectivity index (χ2n) is 6.32. The first-order valence-corrected chi connectivity index (χ1v) is 9.75. The molecule has 7 heteroatoms. The van der Waals surface area contributed by atoms with Crippen molar-refractivity contribution in [3.05, 3.63) is 54.1 Å². The molecule has 0 saturated carbocycles. The van der Waals surface area contributed by atoms with Crippen molar-refractivity contribution in [2.75, 3.05) is 12.4 Å². The van der Waals surface area contributed by atoms with Crippen LogP contribution in [0.15, 0.2) is 53.4 Å². The number of nitrogens with one attached hydrogen (secondary N) is 2. The van der Waals surface area contributed by atoms with E-state index < -0.39 is 10.0 Å². The third-order valence-electron chi connectivity index (χ3n) is 3.91. The highest BCUT2D eigenvalue weighted by Gasteiger charge is 2.24. The molecular formula is C19H24N2O4S. The molecule has 0 aromatic heterocycles. The summed E-state index contributed by atoms with van der Waals surface area (Å²) in [5, 5.41) is 2.61. The summed E-state index contributed by atoms with van der Waals surface area (Å²) in [6.45, 7) is 5.31. The summed E-state index contributed by atoms with van der Waals surface area (Å²) in [6.07, 6.45) is 0. The Morgan fingerprint density at radius 3 is 2.04 bits per heavy atom. The first-order chi connectivity index (χ1) is 12.2. The number of benzene rings is 2. The molecule has 26 heavy (non-hydrogen) atoms. The molecule has 0 saturated heterocycles. The molecule has 1 amide bonds. The van der Waals surface area contributed by atoms with Crippen molar-refractivity contribution >= 4 is 21.6 Å². The van der Waals surface area contributed by atoms with Gasteiger partial charge in [0.1, 0.15) is 5.75 Å². The molecule has 140 valence electrons. The number of carbonyl (C=O) groups is 1. The van der Waals surface area contributed by atoms with Crippen molar-refractivity contribution in [3.63, 3.8) is 0 Å². The highest BCUT2D eigenvalue weighted by Crippen LogP contribution is 2.26. The molecule has 0 spiro atoms. The molecule has 0 bridgehead atoms. The number of hydrogen-bond acceptors (Lipinski definition) is 4. The fourth-order valence-electron chi connectivity index (χ4n) is 2.56. The maximum atomic E-state index is 12.8. The topological polar surface area (TPSA) is 84.5 Å². The van der Waals surface area contributed by atoms with Crippen LogP contribution >= 0.6 is 0 Å². The maximum Gasteiger partial charge on any atom is 0.241 e. The third kappa shape index (κ3) is 5.06. The van der Waals surface area contributed by atoms with Gasteiger partial charge < -0.3 is 10.1 Å². The van der Waals surface area contributed by atoms with E-state index in [1.807, 2.05) is 26.0 Å². The van der Waals surface area contributed by atoms with Crippen LogP contribution in [0.25, 0.3) is 0 Å². The van der Waals surface area contributed by atoms with E-state index in [-0.39, 0.29) is 22.8 Å². The third-order valence-corrected chi connectivity index (χ3v) is 5.37. The minimum absolute atomic E-state index is 0.0526. The van der Waals surface area contributed by atoms with Crippen molar-refractivity contribution in [2.24, 2.45) is 5.92 Å². The molecular weight excluding hydrogens is 352 g/mol. The van der Waals surface area contributed by atoms with Crippen molar-refractivity contribution < 1.29 is 17.9 Å². The van der Waals surface area contributed by atoms with E-state index in [9.17, 15) is 13.2 Å². The van der Waals surface area contributed by atoms with Gasteiger partial charge in [-0.05, 0) is 47.9 Å². The Morgan fingerprint density at radius 2 is 1.58 bits per heavy atom. The monoisotopic (exact) mass is 376 g/mol. The van der Waals surface area contributed by atoms with Crippen molar-refractivity contribution in [1.82, 2.24) is 4.72 Å². The molecule has 2 aromatic rings. The van der Waals surface area contributed by atoms with E-state index >= 15 is 0 Å². The molecule has 0 unspecified atom stereocenters. The lowest BCUT2D eigenvalue weighted by molar-refractivity contribution is -0.114. The van der Waals surface area contributed by atoms with Gasteiger partial charge in [-0.3, -0.25) is 4.79 Å². The van der Waals surface area contributed by atoms with Gasteiger partial charge in [0.15, 0.2) is 0 Å². The number of sulfonamides is 1. The summed E-state index contributed by atoms with van der Waals surface area (Å²) >= 11 is 0. The van der Waals surface area contributed by atoms with Crippen LogP contribution in [0.5, 0.6) is 5.75 Å². The van der Waals surface area contributed by atoms with Crippen molar-refractivity contribution in [1.29, 1.82) is 0 Å². The second-order valence-corrected chi connectivity index (χ2v) is 8.04. The fourth-order valence-corrected chi connectivity index (χ4v) is 3.93. The molecule has 2 rings (SSSR count). The Morgan fingerprint density at radius 1 is 1.00 bits per heavy atom. The molecule has 2 aromatic carbocycles. The smallest absolute Gasteiger partial charge is 0.241 e. The van der Waals surface area contributed by atoms with Crippen LogP contribution in [0.1, 0.15) is 32.4 Å². The second kappa shape index (κ2) is 8.33. The highest BCUT2D eigenvalue weighted by molar-refractivity contribution is 7.89. The summed E-state index contributed by atoms with van der Waals surface area (Å²) in [6, 6.07) is 13.0. The van der Waals surface area contributed by atoms with Crippen LogP contribution in [-0.4, -0.2) is 21.4 Å². The van der Waals surface area contributed by atoms with Crippen LogP contribution in [0, 0.1) is 5.92 Å². The van der Waals surface area contributed by atoms with E-state index in [0.717, 1.165) is 5.56 Å². The van der Waals surface area contributed by atoms with Crippen LogP contribution in [-0.2, 0) is 14.8 Å². The summed E-state index contributed by atoms with van der Waals surface area (Å²) in [5.74, 6) is 0.558. The Balaban J connectivity index is 2.24. The molecule has 0 aliphatic heterocycles. The number of amides is 1. The van der Waals surface area contributed by atoms with Crippen LogP contribution in [0.4, 0.5) is 5.69 Å². The highest BCUT2D eigenvalue weighted by atomic mass is 32.2. The van der Waals surface area contributed by atoms with Gasteiger partial charge in [-0.1, -0.05) is 26.0 Å². The van der Waals surface area contributed by atoms with Gasteiger partial charge in [-0.2, -0.15) is 0 Å². The Hall–Kier alpha value is -2.38. The van der Waals surface area contributed by atoms with Crippen LogP contribution < -0.4 is 14.8 Å². The minimum Gasteiger partial charge on any atom is -0.497 e. The lowest BCUT2D eigenvalue weighted by Crippen LogP contribution is -2.31. The number of ether oxygens (including phenoxy) is 1. The summed E-state index contributed by atoms with van der Waals surface area (Å²) in [5.41, 5.74) is 1.41. The van der Waals surface area contributed by atoms with Gasteiger partial charge in [0.25, 0.3) is 0 Å². The van der Waals surface area contributed by atoms with E-state index in [2.05, 4.69) is 10.0 Å². The number of carbonyl (C=O) groups excluding carboxylic acids is 1. The van der Waals surface area contributed by atoms with E-state index in [4.69, 9.17) is 4.74 Å². The Kier molecular flexibility index (Phi) is 6.39. The lowest BCUT2D eigenvalue weighted by Gasteiger charge is -2.23. The Labute approximate surface area is 154 Å². The number of hydrogen-bond donors (Lipinski definition) is 2. The standard InChI is InChI=1S/C19H24N2O4S/c1-13(2)19(15-5-9-17(25-4)10-6-15)21-26(23,24)18-11-7-16(8-12-18)20-14(3)22/h5-13,19,21H,1-4H3,(H,20,22)/t19-/m0/s1. The van der Waals surface area contributed by atoms with Crippen LogP contribution in [0.2, 0.25) is 0 Å². The summed E-state index contributed by atoms with van der Waals surface area (Å²) in [7, 11) is -2.12. The number of methoxy groups -OCH3 is 1. The maximum absolute atomic E-state index is 12.8. The van der Waals surface area contributed by atoms with Crippen LogP contribution in [0.3, 0.4) is 0 Å². The zero-order chi connectivity index (χ0) is 19.3. The zero-order valence-electron chi connectivity index (χ0n) is 15.3. The summed E-state index contributed by atoms with van der Waals surface area (Å²) < 4.78 is 33.4. The molecule has 0 fully saturated rings. The molecule has 2 N–H and O–H groups in total. The predicted octanol–water partition coefficient (Wildman–Crippen LogP) is 3.33. The largest absolute Gasteiger partial charge is 0.497 e. The van der Waals surface area contributed by atoms with Gasteiger partial charge in [-0.25, -0.2) is 13.1 Å². The van der Waals surface area contributed by atoms with E-state index in [1.54, 1.807) is 31.4 Å². The van der Waals surface area contributed by atoms with E-state index in [0.29, 0.717) is 11.4 Å². The SMILES string of the molecule is COc1ccc([C@@H](NS(=O)(=O)c2ccc(NC(C)=O)cc2)C(C)C)cc1. The summed E-state index contributed by atoms with van der Waals surface area (Å²) in [4.78, 5) is 11.2. The average Bonchev–Trinajstić information content (AvgIpc) is 2.59. The predicted molar refractivity (Wildman–Crippen MR) is 102 cm³/mol. The minimum atomic E-state index is -3.71. The van der Waals surface area contributed by atoms with Gasteiger partial charge >= 0.3 is 0 Å². The van der Waals surface area contributed by atoms with Gasteiger partial charge in [-0.15, -0.1) is 0 Å². The Bertz CT molecular complexity index is 844. The normalized spacial score (nSPS) is 12.7. The first-order valence-electron chi connectivity index (χ1n) is 8.27. The number of anilines is 1. The molecule has 6 nitrogen and oxygen atoms in total. The molecule has 0 radical (unpaired) electrons. The van der Waals surface area contributed by atoms with Gasteiger partial charge in [0.2, 0.25) is 15.9 Å². The first kappa shape index (κ1) is 19.9. The fraction of sp³-hybridized carbons (Fsp3) is 0.316. The van der Waals surface area contributed by atoms with Crippen molar-refractivity contribution in [3.8, 4) is 5.75 Å². The average molecular weight is 376 g/mol. The molecule has 0 aliphatic rings. The zero-order valence-corrected chi connectivity index (χ0v) is 16.1. The lowest BCUT2D eigenvalue weighted by atomic mass is 9.97. The van der Waals surface area contributed by atoms with Crippen molar-refractivity contribution in [2.45, 2.75) is 31.7 Å². The quantitative estimate of drug-likeness (QED) is 0.776. The molecule has 0 aliphatic carbocycles.